The molecule has 0 unspecified atom stereocenters. The van der Waals surface area contributed by atoms with Crippen molar-refractivity contribution < 1.29 is 13.9 Å². The molecular weight excluding hydrogens is 383 g/mol. The molecule has 2 aromatic rings. The lowest BCUT2D eigenvalue weighted by Gasteiger charge is -2.36. The van der Waals surface area contributed by atoms with E-state index in [0.717, 1.165) is 51.4 Å². The van der Waals surface area contributed by atoms with Gasteiger partial charge in [0.05, 0.1) is 19.5 Å². The summed E-state index contributed by atoms with van der Waals surface area (Å²) in [6.07, 6.45) is 1.02. The lowest BCUT2D eigenvalue weighted by molar-refractivity contribution is 0.0783. The zero-order chi connectivity index (χ0) is 21.3. The van der Waals surface area contributed by atoms with Gasteiger partial charge in [0.1, 0.15) is 11.6 Å². The number of hydrogen-bond donors (Lipinski definition) is 1. The van der Waals surface area contributed by atoms with Gasteiger partial charge in [-0.25, -0.2) is 4.39 Å². The number of nitrogens with zero attached hydrogens (tertiary/aromatic N) is 3. The molecule has 1 N–H and O–H groups in total. The van der Waals surface area contributed by atoms with Crippen LogP contribution in [-0.2, 0) is 0 Å². The van der Waals surface area contributed by atoms with Crippen molar-refractivity contribution in [3.8, 4) is 5.75 Å². The summed E-state index contributed by atoms with van der Waals surface area (Å²) in [5.41, 5.74) is 1.66. The van der Waals surface area contributed by atoms with Crippen LogP contribution in [0.2, 0.25) is 0 Å². The Morgan fingerprint density at radius 2 is 1.87 bits per heavy atom. The summed E-state index contributed by atoms with van der Waals surface area (Å²) in [5, 5.41) is 3.35. The normalized spacial score (nSPS) is 14.6. The second-order valence-corrected chi connectivity index (χ2v) is 7.53. The van der Waals surface area contributed by atoms with Crippen LogP contribution >= 0.6 is 0 Å². The standard InChI is InChI=1S/C23H31FN4O2/c1-26(23(29)19-7-4-3-5-8-19)18-25-11-6-12-27-13-15-28(16-14-27)21-10-9-20(24)17-22(21)30-2/h3-5,7-10,17,25H,6,11-16,18H2,1-2H3. The molecule has 0 atom stereocenters. The summed E-state index contributed by atoms with van der Waals surface area (Å²) in [4.78, 5) is 18.7. The molecule has 1 aliphatic rings. The summed E-state index contributed by atoms with van der Waals surface area (Å²) in [5.74, 6) is 0.329. The number of rotatable bonds is 9. The Balaban J connectivity index is 1.33. The van der Waals surface area contributed by atoms with Crippen LogP contribution < -0.4 is 15.0 Å². The second kappa shape index (κ2) is 10.9. The van der Waals surface area contributed by atoms with Crippen LogP contribution in [-0.4, -0.2) is 75.8 Å². The maximum atomic E-state index is 13.4. The predicted octanol–water partition coefficient (Wildman–Crippen LogP) is 2.67. The fourth-order valence-electron chi connectivity index (χ4n) is 3.67. The van der Waals surface area contributed by atoms with Gasteiger partial charge in [0, 0.05) is 44.9 Å². The van der Waals surface area contributed by atoms with E-state index < -0.39 is 0 Å². The molecule has 1 amide bonds. The van der Waals surface area contributed by atoms with Gasteiger partial charge in [-0.2, -0.15) is 0 Å². The Morgan fingerprint density at radius 3 is 2.57 bits per heavy atom. The van der Waals surface area contributed by atoms with E-state index in [1.165, 1.54) is 12.1 Å². The SMILES string of the molecule is COc1cc(F)ccc1N1CCN(CCCNCN(C)C(=O)c2ccccc2)CC1. The fraction of sp³-hybridized carbons (Fsp3) is 0.435. The van der Waals surface area contributed by atoms with Crippen LogP contribution in [0.25, 0.3) is 0 Å². The first-order valence-electron chi connectivity index (χ1n) is 10.4. The van der Waals surface area contributed by atoms with Gasteiger partial charge in [0.25, 0.3) is 5.91 Å². The maximum absolute atomic E-state index is 13.4. The smallest absolute Gasteiger partial charge is 0.254 e. The minimum atomic E-state index is -0.280. The molecule has 0 spiro atoms. The van der Waals surface area contributed by atoms with E-state index in [4.69, 9.17) is 4.74 Å². The lowest BCUT2D eigenvalue weighted by atomic mass is 10.2. The Morgan fingerprint density at radius 1 is 1.13 bits per heavy atom. The van der Waals surface area contributed by atoms with E-state index in [1.807, 2.05) is 37.4 Å². The van der Waals surface area contributed by atoms with Crippen molar-refractivity contribution in [2.24, 2.45) is 0 Å². The summed E-state index contributed by atoms with van der Waals surface area (Å²) >= 11 is 0. The quantitative estimate of drug-likeness (QED) is 0.505. The zero-order valence-electron chi connectivity index (χ0n) is 17.8. The Bertz CT molecular complexity index is 810. The minimum absolute atomic E-state index is 0.0236. The number of methoxy groups -OCH3 is 1. The van der Waals surface area contributed by atoms with Gasteiger partial charge in [0.2, 0.25) is 0 Å². The van der Waals surface area contributed by atoms with Crippen molar-refractivity contribution in [1.29, 1.82) is 0 Å². The number of halogens is 1. The number of piperazine rings is 1. The van der Waals surface area contributed by atoms with Crippen LogP contribution in [0.3, 0.4) is 0 Å². The monoisotopic (exact) mass is 414 g/mol. The molecule has 1 fully saturated rings. The first kappa shape index (κ1) is 22.1. The third kappa shape index (κ3) is 5.93. The highest BCUT2D eigenvalue weighted by atomic mass is 19.1. The molecule has 7 heteroatoms. The summed E-state index contributed by atoms with van der Waals surface area (Å²) in [6, 6.07) is 14.0. The average Bonchev–Trinajstić information content (AvgIpc) is 2.79. The van der Waals surface area contributed by atoms with E-state index in [-0.39, 0.29) is 11.7 Å². The van der Waals surface area contributed by atoms with Crippen LogP contribution in [0.1, 0.15) is 16.8 Å². The highest BCUT2D eigenvalue weighted by Crippen LogP contribution is 2.29. The van der Waals surface area contributed by atoms with E-state index in [1.54, 1.807) is 18.1 Å². The van der Waals surface area contributed by atoms with Crippen LogP contribution in [0, 0.1) is 5.82 Å². The molecule has 1 heterocycles. The summed E-state index contributed by atoms with van der Waals surface area (Å²) < 4.78 is 18.7. The number of carbonyl (C=O) groups is 1. The highest BCUT2D eigenvalue weighted by molar-refractivity contribution is 5.93. The van der Waals surface area contributed by atoms with Crippen molar-refractivity contribution in [1.82, 2.24) is 15.1 Å². The third-order valence-corrected chi connectivity index (χ3v) is 5.40. The number of ether oxygens (including phenoxy) is 1. The summed E-state index contributed by atoms with van der Waals surface area (Å²) in [7, 11) is 3.39. The molecule has 0 saturated carbocycles. The van der Waals surface area contributed by atoms with Gasteiger partial charge in [-0.05, 0) is 43.8 Å². The highest BCUT2D eigenvalue weighted by Gasteiger charge is 2.19. The maximum Gasteiger partial charge on any atom is 0.254 e. The molecule has 6 nitrogen and oxygen atoms in total. The van der Waals surface area contributed by atoms with Gasteiger partial charge >= 0.3 is 0 Å². The number of nitrogens with one attached hydrogen (secondary N) is 1. The largest absolute Gasteiger partial charge is 0.494 e. The average molecular weight is 415 g/mol. The van der Waals surface area contributed by atoms with Gasteiger partial charge in [-0.3, -0.25) is 15.0 Å². The van der Waals surface area contributed by atoms with Crippen LogP contribution in [0.4, 0.5) is 10.1 Å². The minimum Gasteiger partial charge on any atom is -0.494 e. The molecule has 0 radical (unpaired) electrons. The molecule has 1 aliphatic heterocycles. The molecule has 1 saturated heterocycles. The van der Waals surface area contributed by atoms with E-state index >= 15 is 0 Å². The molecule has 3 rings (SSSR count). The van der Waals surface area contributed by atoms with Crippen molar-refractivity contribution >= 4 is 11.6 Å². The Labute approximate surface area is 178 Å². The molecule has 0 aromatic heterocycles. The van der Waals surface area contributed by atoms with Gasteiger partial charge in [-0.1, -0.05) is 18.2 Å². The molecule has 30 heavy (non-hydrogen) atoms. The number of carbonyl (C=O) groups excluding carboxylic acids is 1. The van der Waals surface area contributed by atoms with E-state index in [9.17, 15) is 9.18 Å². The zero-order valence-corrected chi connectivity index (χ0v) is 17.8. The van der Waals surface area contributed by atoms with Crippen LogP contribution in [0.15, 0.2) is 48.5 Å². The van der Waals surface area contributed by atoms with Gasteiger partial charge in [0.15, 0.2) is 0 Å². The predicted molar refractivity (Wildman–Crippen MR) is 118 cm³/mol. The molecular formula is C23H31FN4O2. The topological polar surface area (TPSA) is 48.1 Å². The van der Waals surface area contributed by atoms with E-state index in [0.29, 0.717) is 18.0 Å². The Kier molecular flexibility index (Phi) is 8.04. The second-order valence-electron chi connectivity index (χ2n) is 7.53. The molecule has 0 bridgehead atoms. The van der Waals surface area contributed by atoms with Crippen molar-refractivity contribution in [3.63, 3.8) is 0 Å². The third-order valence-electron chi connectivity index (χ3n) is 5.40. The summed E-state index contributed by atoms with van der Waals surface area (Å²) in [6.45, 7) is 6.12. The number of hydrogen-bond acceptors (Lipinski definition) is 5. The van der Waals surface area contributed by atoms with Crippen molar-refractivity contribution in [2.45, 2.75) is 6.42 Å². The Hall–Kier alpha value is -2.64. The number of amides is 1. The first-order valence-corrected chi connectivity index (χ1v) is 10.4. The van der Waals surface area contributed by atoms with Gasteiger partial charge < -0.3 is 14.5 Å². The van der Waals surface area contributed by atoms with Gasteiger partial charge in [-0.15, -0.1) is 0 Å². The van der Waals surface area contributed by atoms with Crippen LogP contribution in [0.5, 0.6) is 5.75 Å². The number of anilines is 1. The molecule has 0 aliphatic carbocycles. The van der Waals surface area contributed by atoms with Crippen molar-refractivity contribution in [2.75, 3.05) is 65.0 Å². The number of benzene rings is 2. The van der Waals surface area contributed by atoms with Crippen molar-refractivity contribution in [3.05, 3.63) is 59.9 Å². The fourth-order valence-corrected chi connectivity index (χ4v) is 3.67. The first-order chi connectivity index (χ1) is 14.6. The van der Waals surface area contributed by atoms with E-state index in [2.05, 4.69) is 15.1 Å². The molecule has 162 valence electrons. The lowest BCUT2D eigenvalue weighted by Crippen LogP contribution is -2.47. The molecule has 2 aromatic carbocycles.